The molecule has 102 valence electrons. The van der Waals surface area contributed by atoms with Gasteiger partial charge >= 0.3 is 17.1 Å². The fourth-order valence-corrected chi connectivity index (χ4v) is 1.56. The van der Waals surface area contributed by atoms with Crippen molar-refractivity contribution < 1.29 is 15.3 Å². The van der Waals surface area contributed by atoms with E-state index in [1.165, 1.54) is 0 Å². The van der Waals surface area contributed by atoms with Crippen molar-refractivity contribution in [2.75, 3.05) is 19.8 Å². The maximum Gasteiger partial charge on any atom is 0.336 e. The number of hydrogen-bond acceptors (Lipinski definition) is 6. The van der Waals surface area contributed by atoms with E-state index in [-0.39, 0.29) is 19.6 Å². The van der Waals surface area contributed by atoms with Crippen molar-refractivity contribution in [3.63, 3.8) is 0 Å². The zero-order chi connectivity index (χ0) is 13.7. The predicted molar refractivity (Wildman–Crippen MR) is 60.5 cm³/mol. The zero-order valence-electron chi connectivity index (χ0n) is 9.65. The smallest absolute Gasteiger partial charge is 0.336 e. The molecule has 9 heteroatoms. The van der Waals surface area contributed by atoms with Crippen LogP contribution in [0.15, 0.2) is 14.4 Å². The van der Waals surface area contributed by atoms with E-state index in [0.717, 1.165) is 0 Å². The number of hydrogen-bond donors (Lipinski definition) is 3. The van der Waals surface area contributed by atoms with Gasteiger partial charge in [0.05, 0.1) is 39.5 Å². The Balaban J connectivity index is 3.59. The van der Waals surface area contributed by atoms with E-state index in [2.05, 4.69) is 0 Å². The average molecular weight is 261 g/mol. The Kier molecular flexibility index (Phi) is 5.01. The van der Waals surface area contributed by atoms with E-state index in [1.807, 2.05) is 0 Å². The lowest BCUT2D eigenvalue weighted by atomic mass is 10.6. The molecule has 0 fully saturated rings. The molecule has 0 saturated carbocycles. The topological polar surface area (TPSA) is 127 Å². The lowest BCUT2D eigenvalue weighted by Gasteiger charge is -2.11. The van der Waals surface area contributed by atoms with Crippen LogP contribution in [-0.4, -0.2) is 48.8 Å². The third-order valence-electron chi connectivity index (χ3n) is 2.36. The molecule has 0 radical (unpaired) electrons. The van der Waals surface area contributed by atoms with Crippen LogP contribution < -0.4 is 17.1 Å². The largest absolute Gasteiger partial charge is 0.395 e. The van der Waals surface area contributed by atoms with Gasteiger partial charge < -0.3 is 15.3 Å². The Labute approximate surface area is 101 Å². The van der Waals surface area contributed by atoms with Crippen LogP contribution >= 0.6 is 0 Å². The minimum Gasteiger partial charge on any atom is -0.395 e. The molecule has 0 aliphatic rings. The molecule has 18 heavy (non-hydrogen) atoms. The van der Waals surface area contributed by atoms with Crippen molar-refractivity contribution in [2.45, 2.75) is 19.6 Å². The van der Waals surface area contributed by atoms with Crippen molar-refractivity contribution in [1.82, 2.24) is 13.7 Å². The number of aliphatic hydroxyl groups is 3. The SMILES string of the molecule is O=c1n(CCO)c(=O)n(CCO)c(=O)n1CCO. The lowest BCUT2D eigenvalue weighted by molar-refractivity contribution is 0.239. The summed E-state index contributed by atoms with van der Waals surface area (Å²) in [6.07, 6.45) is 0. The highest BCUT2D eigenvalue weighted by molar-refractivity contribution is 4.79. The van der Waals surface area contributed by atoms with E-state index in [4.69, 9.17) is 15.3 Å². The van der Waals surface area contributed by atoms with Crippen LogP contribution in [0.25, 0.3) is 0 Å². The number of aromatic nitrogens is 3. The standard InChI is InChI=1S/C9H15N3O6/c13-4-1-10-7(16)11(2-5-14)9(18)12(3-6-15)8(10)17/h13-15H,1-6H2. The lowest BCUT2D eigenvalue weighted by Crippen LogP contribution is -2.55. The molecule has 0 aromatic carbocycles. The first-order valence-electron chi connectivity index (χ1n) is 5.35. The van der Waals surface area contributed by atoms with E-state index in [0.29, 0.717) is 13.7 Å². The molecule has 0 amide bonds. The van der Waals surface area contributed by atoms with E-state index >= 15 is 0 Å². The molecule has 1 aromatic rings. The monoisotopic (exact) mass is 261 g/mol. The van der Waals surface area contributed by atoms with Gasteiger partial charge in [-0.25, -0.2) is 28.1 Å². The third-order valence-corrected chi connectivity index (χ3v) is 2.36. The molecule has 0 aliphatic heterocycles. The van der Waals surface area contributed by atoms with Gasteiger partial charge in [-0.3, -0.25) is 0 Å². The van der Waals surface area contributed by atoms with Crippen LogP contribution in [0.2, 0.25) is 0 Å². The van der Waals surface area contributed by atoms with Crippen molar-refractivity contribution in [3.8, 4) is 0 Å². The average Bonchev–Trinajstić information content (AvgIpc) is 2.35. The molecular weight excluding hydrogens is 246 g/mol. The van der Waals surface area contributed by atoms with Gasteiger partial charge in [0.1, 0.15) is 0 Å². The van der Waals surface area contributed by atoms with Gasteiger partial charge in [-0.05, 0) is 0 Å². The van der Waals surface area contributed by atoms with Gasteiger partial charge in [0, 0.05) is 0 Å². The van der Waals surface area contributed by atoms with Crippen LogP contribution in [0.3, 0.4) is 0 Å². The first-order chi connectivity index (χ1) is 8.58. The summed E-state index contributed by atoms with van der Waals surface area (Å²) in [4.78, 5) is 35.3. The fourth-order valence-electron chi connectivity index (χ4n) is 1.56. The molecular formula is C9H15N3O6. The van der Waals surface area contributed by atoms with Gasteiger partial charge in [-0.1, -0.05) is 0 Å². The van der Waals surface area contributed by atoms with Gasteiger partial charge in [0.15, 0.2) is 0 Å². The Morgan fingerprint density at radius 1 is 0.611 bits per heavy atom. The quantitative estimate of drug-likeness (QED) is 0.481. The molecule has 1 rings (SSSR count). The number of aliphatic hydroxyl groups excluding tert-OH is 3. The molecule has 1 heterocycles. The summed E-state index contributed by atoms with van der Waals surface area (Å²) in [6, 6.07) is 0. The van der Waals surface area contributed by atoms with Crippen molar-refractivity contribution in [3.05, 3.63) is 31.5 Å². The number of nitrogens with zero attached hydrogens (tertiary/aromatic N) is 3. The molecule has 0 aliphatic carbocycles. The summed E-state index contributed by atoms with van der Waals surface area (Å²) in [5.74, 6) is 0. The highest BCUT2D eigenvalue weighted by Crippen LogP contribution is 1.76. The molecule has 0 saturated heterocycles. The second kappa shape index (κ2) is 6.28. The normalized spacial score (nSPS) is 10.8. The summed E-state index contributed by atoms with van der Waals surface area (Å²) >= 11 is 0. The maximum absolute atomic E-state index is 11.8. The molecule has 0 atom stereocenters. The van der Waals surface area contributed by atoms with Crippen molar-refractivity contribution in [2.24, 2.45) is 0 Å². The summed E-state index contributed by atoms with van der Waals surface area (Å²) < 4.78 is 2.06. The van der Waals surface area contributed by atoms with E-state index < -0.39 is 36.9 Å². The van der Waals surface area contributed by atoms with Crippen LogP contribution in [0.1, 0.15) is 0 Å². The summed E-state index contributed by atoms with van der Waals surface area (Å²) in [6.45, 7) is -2.08. The Morgan fingerprint density at radius 3 is 1.00 bits per heavy atom. The maximum atomic E-state index is 11.8. The molecule has 9 nitrogen and oxygen atoms in total. The first kappa shape index (κ1) is 14.4. The third kappa shape index (κ3) is 2.58. The van der Waals surface area contributed by atoms with Crippen molar-refractivity contribution >= 4 is 0 Å². The van der Waals surface area contributed by atoms with Crippen LogP contribution in [-0.2, 0) is 19.6 Å². The van der Waals surface area contributed by atoms with Crippen LogP contribution in [0.4, 0.5) is 0 Å². The van der Waals surface area contributed by atoms with E-state index in [9.17, 15) is 14.4 Å². The zero-order valence-corrected chi connectivity index (χ0v) is 9.65. The number of rotatable bonds is 6. The Morgan fingerprint density at radius 2 is 0.833 bits per heavy atom. The Bertz CT molecular complexity index is 458. The summed E-state index contributed by atoms with van der Waals surface area (Å²) in [5, 5.41) is 26.4. The van der Waals surface area contributed by atoms with Gasteiger partial charge in [-0.15, -0.1) is 0 Å². The summed E-state index contributed by atoms with van der Waals surface area (Å²) in [7, 11) is 0. The second-order valence-electron chi connectivity index (χ2n) is 3.47. The molecule has 0 bridgehead atoms. The molecule has 0 unspecified atom stereocenters. The highest BCUT2D eigenvalue weighted by atomic mass is 16.3. The minimum absolute atomic E-state index is 0.255. The molecule has 1 aromatic heterocycles. The minimum atomic E-state index is -0.887. The second-order valence-corrected chi connectivity index (χ2v) is 3.47. The molecule has 3 N–H and O–H groups in total. The molecule has 0 spiro atoms. The van der Waals surface area contributed by atoms with Crippen molar-refractivity contribution in [1.29, 1.82) is 0 Å². The first-order valence-corrected chi connectivity index (χ1v) is 5.35. The predicted octanol–water partition coefficient (Wildman–Crippen LogP) is -3.85. The fraction of sp³-hybridized carbons (Fsp3) is 0.667. The van der Waals surface area contributed by atoms with E-state index in [1.54, 1.807) is 0 Å². The van der Waals surface area contributed by atoms with Gasteiger partial charge in [0.2, 0.25) is 0 Å². The van der Waals surface area contributed by atoms with Gasteiger partial charge in [0.25, 0.3) is 0 Å². The van der Waals surface area contributed by atoms with Crippen LogP contribution in [0.5, 0.6) is 0 Å². The Hall–Kier alpha value is -1.71. The van der Waals surface area contributed by atoms with Crippen LogP contribution in [0, 0.1) is 0 Å². The van der Waals surface area contributed by atoms with Gasteiger partial charge in [-0.2, -0.15) is 0 Å². The highest BCUT2D eigenvalue weighted by Gasteiger charge is 2.14. The summed E-state index contributed by atoms with van der Waals surface area (Å²) in [5.41, 5.74) is -2.66.